The Morgan fingerprint density at radius 1 is 1.16 bits per heavy atom. The molecule has 204 valence electrons. The number of likely N-dealkylation sites (tertiary alicyclic amines) is 1. The Bertz CT molecular complexity index is 979. The molecule has 3 aliphatic heterocycles. The van der Waals surface area contributed by atoms with E-state index < -0.39 is 22.6 Å². The van der Waals surface area contributed by atoms with E-state index in [4.69, 9.17) is 4.74 Å². The minimum absolute atomic E-state index is 0.0328. The lowest BCUT2D eigenvalue weighted by atomic mass is 9.70. The summed E-state index contributed by atoms with van der Waals surface area (Å²) in [6, 6.07) is 6.60. The molecule has 3 unspecified atom stereocenters. The van der Waals surface area contributed by atoms with E-state index in [0.717, 1.165) is 25.0 Å². The van der Waals surface area contributed by atoms with E-state index in [2.05, 4.69) is 33.5 Å². The topological polar surface area (TPSA) is 108 Å². The van der Waals surface area contributed by atoms with Crippen LogP contribution in [0.25, 0.3) is 0 Å². The van der Waals surface area contributed by atoms with Crippen LogP contribution in [0, 0.1) is 11.8 Å². The third kappa shape index (κ3) is 5.52. The van der Waals surface area contributed by atoms with Crippen molar-refractivity contribution in [3.8, 4) is 5.75 Å². The second kappa shape index (κ2) is 12.4. The Morgan fingerprint density at radius 3 is 2.59 bits per heavy atom. The highest BCUT2D eigenvalue weighted by molar-refractivity contribution is 9.09. The van der Waals surface area contributed by atoms with Crippen LogP contribution in [0.15, 0.2) is 24.3 Å². The Kier molecular flexibility index (Phi) is 9.45. The molecule has 4 rings (SSSR count). The van der Waals surface area contributed by atoms with E-state index in [1.807, 2.05) is 19.1 Å². The van der Waals surface area contributed by atoms with Crippen molar-refractivity contribution in [3.63, 3.8) is 0 Å². The molecule has 1 aromatic rings. The number of alkyl halides is 1. The fourth-order valence-electron chi connectivity index (χ4n) is 6.07. The number of hydrogen-bond donors (Lipinski definition) is 3. The summed E-state index contributed by atoms with van der Waals surface area (Å²) >= 11 is 5.43. The fourth-order valence-corrected chi connectivity index (χ4v) is 9.69. The van der Waals surface area contributed by atoms with Crippen LogP contribution >= 0.6 is 27.7 Å². The number of anilines is 1. The summed E-state index contributed by atoms with van der Waals surface area (Å²) in [5, 5.41) is 15.3. The van der Waals surface area contributed by atoms with E-state index in [0.29, 0.717) is 44.6 Å². The summed E-state index contributed by atoms with van der Waals surface area (Å²) in [7, 11) is 0. The molecule has 0 aromatic heterocycles. The van der Waals surface area contributed by atoms with Crippen LogP contribution in [-0.2, 0) is 14.4 Å². The van der Waals surface area contributed by atoms with Crippen LogP contribution in [0.3, 0.4) is 0 Å². The number of nitrogens with zero attached hydrogens (tertiary/aromatic N) is 1. The first-order valence-electron chi connectivity index (χ1n) is 13.4. The van der Waals surface area contributed by atoms with Gasteiger partial charge in [0.1, 0.15) is 11.8 Å². The van der Waals surface area contributed by atoms with Gasteiger partial charge in [-0.15, -0.1) is 11.8 Å². The van der Waals surface area contributed by atoms with Gasteiger partial charge in [-0.05, 0) is 56.9 Å². The molecule has 3 saturated heterocycles. The molecule has 3 amide bonds. The first-order valence-corrected chi connectivity index (χ1v) is 15.2. The maximum atomic E-state index is 13.9. The summed E-state index contributed by atoms with van der Waals surface area (Å²) in [5.74, 6) is -0.803. The first kappa shape index (κ1) is 28.2. The van der Waals surface area contributed by atoms with Crippen molar-refractivity contribution in [2.75, 3.05) is 31.6 Å². The smallest absolute Gasteiger partial charge is 0.244 e. The summed E-state index contributed by atoms with van der Waals surface area (Å²) in [6.45, 7) is 5.61. The van der Waals surface area contributed by atoms with Gasteiger partial charge in [-0.25, -0.2) is 0 Å². The second-order valence-electron chi connectivity index (χ2n) is 10.1. The van der Waals surface area contributed by atoms with Crippen LogP contribution < -0.4 is 15.4 Å². The van der Waals surface area contributed by atoms with E-state index in [1.54, 1.807) is 28.8 Å². The zero-order valence-electron chi connectivity index (χ0n) is 21.6. The number of rotatable bonds is 13. The molecule has 3 heterocycles. The quantitative estimate of drug-likeness (QED) is 0.238. The third-order valence-corrected chi connectivity index (χ3v) is 10.9. The molecular formula is C27H38BrN3O5S. The fraction of sp³-hybridized carbons (Fsp3) is 0.667. The van der Waals surface area contributed by atoms with Gasteiger partial charge in [-0.1, -0.05) is 35.7 Å². The minimum atomic E-state index is -0.648. The summed E-state index contributed by atoms with van der Waals surface area (Å²) < 4.78 is 4.84. The van der Waals surface area contributed by atoms with Crippen molar-refractivity contribution in [3.05, 3.63) is 24.3 Å². The summed E-state index contributed by atoms with van der Waals surface area (Å²) in [4.78, 5) is 42.9. The van der Waals surface area contributed by atoms with Crippen LogP contribution in [0.2, 0.25) is 0 Å². The largest absolute Gasteiger partial charge is 0.494 e. The van der Waals surface area contributed by atoms with Crippen molar-refractivity contribution < 1.29 is 24.2 Å². The van der Waals surface area contributed by atoms with Crippen molar-refractivity contribution in [2.45, 2.75) is 73.2 Å². The van der Waals surface area contributed by atoms with Gasteiger partial charge >= 0.3 is 0 Å². The maximum Gasteiger partial charge on any atom is 0.244 e. The Labute approximate surface area is 231 Å². The Hall–Kier alpha value is -1.78. The molecule has 0 saturated carbocycles. The number of amides is 3. The Morgan fingerprint density at radius 2 is 1.92 bits per heavy atom. The van der Waals surface area contributed by atoms with Crippen LogP contribution in [-0.4, -0.2) is 74.9 Å². The molecular weight excluding hydrogens is 558 g/mol. The predicted molar refractivity (Wildman–Crippen MR) is 149 cm³/mol. The highest BCUT2D eigenvalue weighted by atomic mass is 79.9. The minimum Gasteiger partial charge on any atom is -0.494 e. The highest BCUT2D eigenvalue weighted by Crippen LogP contribution is 2.67. The SMILES string of the molecule is CCCCCNC(=O)C1N(CCCCO)C(=O)[C@@H]2[C@@H](C(=O)Nc3ccc(OCC)cc3)[C@@H]3SC12CC3Br. The van der Waals surface area contributed by atoms with Gasteiger partial charge in [0.2, 0.25) is 17.7 Å². The second-order valence-corrected chi connectivity index (χ2v) is 12.8. The first-order chi connectivity index (χ1) is 17.9. The molecule has 6 atom stereocenters. The zero-order chi connectivity index (χ0) is 26.6. The molecule has 10 heteroatoms. The number of halogens is 1. The predicted octanol–water partition coefficient (Wildman–Crippen LogP) is 3.57. The van der Waals surface area contributed by atoms with Crippen molar-refractivity contribution in [2.24, 2.45) is 11.8 Å². The summed E-state index contributed by atoms with van der Waals surface area (Å²) in [6.07, 6.45) is 4.82. The highest BCUT2D eigenvalue weighted by Gasteiger charge is 2.75. The van der Waals surface area contributed by atoms with Crippen LogP contribution in [0.4, 0.5) is 5.69 Å². The molecule has 1 aromatic carbocycles. The zero-order valence-corrected chi connectivity index (χ0v) is 24.0. The summed E-state index contributed by atoms with van der Waals surface area (Å²) in [5.41, 5.74) is 0.650. The van der Waals surface area contributed by atoms with Gasteiger partial charge in [0, 0.05) is 35.5 Å². The van der Waals surface area contributed by atoms with Crippen molar-refractivity contribution in [1.29, 1.82) is 0 Å². The lowest BCUT2D eigenvalue weighted by Gasteiger charge is -2.35. The number of fused-ring (bicyclic) bond motifs is 1. The molecule has 0 radical (unpaired) electrons. The standard InChI is InChI=1S/C27H38BrN3O5S/c1-3-5-6-13-29-25(34)23-27-16-19(28)22(37-27)20(21(27)26(35)31(23)14-7-8-15-32)24(33)30-17-9-11-18(12-10-17)36-4-2/h9-12,19-23,32H,3-8,13-16H2,1-2H3,(H,29,34)(H,30,33)/t19?,20-,21+,22-,23?,27?/m1/s1. The number of thioether (sulfide) groups is 1. The van der Waals surface area contributed by atoms with E-state index >= 15 is 0 Å². The average molecular weight is 597 g/mol. The third-order valence-electron chi connectivity index (χ3n) is 7.66. The van der Waals surface area contributed by atoms with Gasteiger partial charge in [0.05, 0.1) is 23.2 Å². The molecule has 2 bridgehead atoms. The molecule has 0 aliphatic carbocycles. The van der Waals surface area contributed by atoms with Gasteiger partial charge in [-0.2, -0.15) is 0 Å². The lowest BCUT2D eigenvalue weighted by Crippen LogP contribution is -2.54. The number of benzene rings is 1. The van der Waals surface area contributed by atoms with E-state index in [-0.39, 0.29) is 34.4 Å². The van der Waals surface area contributed by atoms with Crippen LogP contribution in [0.5, 0.6) is 5.75 Å². The Balaban J connectivity index is 1.58. The van der Waals surface area contributed by atoms with Gasteiger partial charge < -0.3 is 25.4 Å². The molecule has 3 N–H and O–H groups in total. The monoisotopic (exact) mass is 595 g/mol. The normalized spacial score (nSPS) is 29.9. The number of unbranched alkanes of at least 4 members (excludes halogenated alkanes) is 3. The van der Waals surface area contributed by atoms with Gasteiger partial charge in [0.25, 0.3) is 0 Å². The molecule has 3 fully saturated rings. The van der Waals surface area contributed by atoms with Crippen LogP contribution in [0.1, 0.15) is 52.4 Å². The van der Waals surface area contributed by atoms with Gasteiger partial charge in [-0.3, -0.25) is 14.4 Å². The number of hydrogen-bond acceptors (Lipinski definition) is 6. The number of nitrogens with one attached hydrogen (secondary N) is 2. The van der Waals surface area contributed by atoms with Crippen molar-refractivity contribution >= 4 is 51.1 Å². The molecule has 3 aliphatic rings. The molecule has 37 heavy (non-hydrogen) atoms. The van der Waals surface area contributed by atoms with Gasteiger partial charge in [0.15, 0.2) is 0 Å². The van der Waals surface area contributed by atoms with E-state index in [1.165, 1.54) is 0 Å². The lowest BCUT2D eigenvalue weighted by molar-refractivity contribution is -0.139. The molecule has 1 spiro atoms. The number of carbonyl (C=O) groups excluding carboxylic acids is 3. The number of aliphatic hydroxyl groups excluding tert-OH is 1. The molecule has 8 nitrogen and oxygen atoms in total. The van der Waals surface area contributed by atoms with E-state index in [9.17, 15) is 19.5 Å². The average Bonchev–Trinajstić information content (AvgIpc) is 3.47. The number of carbonyl (C=O) groups is 3. The maximum absolute atomic E-state index is 13.9. The van der Waals surface area contributed by atoms with Crippen molar-refractivity contribution in [1.82, 2.24) is 10.2 Å². The number of ether oxygens (including phenoxy) is 1. The number of aliphatic hydroxyl groups is 1.